The largest absolute Gasteiger partial charge is 0.494 e. The summed E-state index contributed by atoms with van der Waals surface area (Å²) in [7, 11) is 1.46. The molecule has 1 aromatic carbocycles. The van der Waals surface area contributed by atoms with Crippen LogP contribution in [0.1, 0.15) is 25.3 Å². The quantitative estimate of drug-likeness (QED) is 0.833. The van der Waals surface area contributed by atoms with Crippen LogP contribution in [-0.4, -0.2) is 18.9 Å². The molecule has 0 aliphatic carbocycles. The van der Waals surface area contributed by atoms with Gasteiger partial charge in [-0.1, -0.05) is 0 Å². The Bertz CT molecular complexity index is 417. The number of methoxy groups -OCH3 is 1. The smallest absolute Gasteiger partial charge is 0.165 e. The number of hydrogen-bond donors (Lipinski definition) is 1. The molecule has 0 bridgehead atoms. The van der Waals surface area contributed by atoms with Crippen LogP contribution in [0.2, 0.25) is 0 Å². The number of hydrogen-bond acceptors (Lipinski definition) is 3. The van der Waals surface area contributed by atoms with Gasteiger partial charge in [0.05, 0.1) is 12.8 Å². The van der Waals surface area contributed by atoms with E-state index in [0.717, 1.165) is 24.1 Å². The first kappa shape index (κ1) is 10.9. The second-order valence-corrected chi connectivity index (χ2v) is 3.98. The Hall–Kier alpha value is -1.58. The molecule has 0 amide bonds. The lowest BCUT2D eigenvalue weighted by Crippen LogP contribution is -2.28. The Morgan fingerprint density at radius 3 is 2.94 bits per heavy atom. The van der Waals surface area contributed by atoms with E-state index in [0.29, 0.717) is 6.04 Å². The van der Waals surface area contributed by atoms with E-state index in [1.54, 1.807) is 12.1 Å². The summed E-state index contributed by atoms with van der Waals surface area (Å²) in [5.41, 5.74) is 4.91. The molecule has 1 atom stereocenters. The first-order valence-electron chi connectivity index (χ1n) is 5.36. The summed E-state index contributed by atoms with van der Waals surface area (Å²) in [6, 6.07) is 5.24. The Labute approximate surface area is 94.3 Å². The number of halogens is 1. The van der Waals surface area contributed by atoms with Gasteiger partial charge < -0.3 is 10.2 Å². The van der Waals surface area contributed by atoms with Gasteiger partial charge in [0.1, 0.15) is 0 Å². The van der Waals surface area contributed by atoms with Gasteiger partial charge in [-0.2, -0.15) is 5.10 Å². The van der Waals surface area contributed by atoms with Gasteiger partial charge in [0.15, 0.2) is 11.6 Å². The van der Waals surface area contributed by atoms with Gasteiger partial charge in [-0.15, -0.1) is 0 Å². The Balaban J connectivity index is 2.27. The minimum absolute atomic E-state index is 0.263. The number of rotatable bonds is 2. The molecule has 0 spiro atoms. The highest BCUT2D eigenvalue weighted by atomic mass is 19.1. The summed E-state index contributed by atoms with van der Waals surface area (Å²) in [5.74, 6) is -0.0807. The number of nitrogens with one attached hydrogen (secondary N) is 1. The van der Waals surface area contributed by atoms with Crippen LogP contribution in [0.15, 0.2) is 23.3 Å². The second-order valence-electron chi connectivity index (χ2n) is 3.98. The molecule has 16 heavy (non-hydrogen) atoms. The Morgan fingerprint density at radius 2 is 2.31 bits per heavy atom. The predicted octanol–water partition coefficient (Wildman–Crippen LogP) is 2.31. The van der Waals surface area contributed by atoms with E-state index >= 15 is 0 Å². The normalized spacial score (nSPS) is 19.9. The lowest BCUT2D eigenvalue weighted by atomic mass is 10.0. The molecule has 86 valence electrons. The molecule has 1 unspecified atom stereocenters. The molecule has 0 aromatic heterocycles. The second kappa shape index (κ2) is 4.51. The number of hydrazone groups is 1. The van der Waals surface area contributed by atoms with Crippen LogP contribution in [0.5, 0.6) is 5.75 Å². The summed E-state index contributed by atoms with van der Waals surface area (Å²) in [5, 5.41) is 4.27. The fourth-order valence-corrected chi connectivity index (χ4v) is 1.71. The highest BCUT2D eigenvalue weighted by molar-refractivity contribution is 6.01. The van der Waals surface area contributed by atoms with Crippen molar-refractivity contribution in [1.82, 2.24) is 5.43 Å². The Kier molecular flexibility index (Phi) is 3.08. The van der Waals surface area contributed by atoms with Crippen LogP contribution in [0, 0.1) is 5.82 Å². The van der Waals surface area contributed by atoms with Crippen molar-refractivity contribution in [2.24, 2.45) is 5.10 Å². The standard InChI is InChI=1S/C12H15FN2O/c1-8-3-6-11(15-14-8)9-4-5-10(13)12(7-9)16-2/h4-5,7-8,14H,3,6H2,1-2H3. The summed E-state index contributed by atoms with van der Waals surface area (Å²) in [4.78, 5) is 0. The summed E-state index contributed by atoms with van der Waals surface area (Å²) >= 11 is 0. The number of nitrogens with zero attached hydrogens (tertiary/aromatic N) is 1. The van der Waals surface area contributed by atoms with Gasteiger partial charge in [-0.05, 0) is 38.0 Å². The molecule has 2 rings (SSSR count). The maximum atomic E-state index is 13.2. The molecule has 0 radical (unpaired) electrons. The van der Waals surface area contributed by atoms with Crippen molar-refractivity contribution < 1.29 is 9.13 Å². The number of benzene rings is 1. The minimum atomic E-state index is -0.344. The minimum Gasteiger partial charge on any atom is -0.494 e. The van der Waals surface area contributed by atoms with E-state index in [1.165, 1.54) is 13.2 Å². The fraction of sp³-hybridized carbons (Fsp3) is 0.417. The third kappa shape index (κ3) is 2.15. The summed E-state index contributed by atoms with van der Waals surface area (Å²) in [6.07, 6.45) is 1.95. The zero-order chi connectivity index (χ0) is 11.5. The van der Waals surface area contributed by atoms with Gasteiger partial charge in [0, 0.05) is 11.6 Å². The van der Waals surface area contributed by atoms with Crippen LogP contribution < -0.4 is 10.2 Å². The molecular formula is C12H15FN2O. The summed E-state index contributed by atoms with van der Waals surface area (Å²) in [6.45, 7) is 2.09. The van der Waals surface area contributed by atoms with Gasteiger partial charge >= 0.3 is 0 Å². The van der Waals surface area contributed by atoms with E-state index in [-0.39, 0.29) is 11.6 Å². The van der Waals surface area contributed by atoms with E-state index in [9.17, 15) is 4.39 Å². The van der Waals surface area contributed by atoms with Crippen molar-refractivity contribution in [1.29, 1.82) is 0 Å². The van der Waals surface area contributed by atoms with Gasteiger partial charge in [-0.25, -0.2) is 4.39 Å². The molecule has 1 N–H and O–H groups in total. The van der Waals surface area contributed by atoms with E-state index < -0.39 is 0 Å². The van der Waals surface area contributed by atoms with E-state index in [4.69, 9.17) is 4.74 Å². The molecule has 3 nitrogen and oxygen atoms in total. The number of ether oxygens (including phenoxy) is 1. The maximum absolute atomic E-state index is 13.2. The van der Waals surface area contributed by atoms with Gasteiger partial charge in [0.2, 0.25) is 0 Å². The fourth-order valence-electron chi connectivity index (χ4n) is 1.71. The van der Waals surface area contributed by atoms with E-state index in [1.807, 2.05) is 0 Å². The molecule has 4 heteroatoms. The van der Waals surface area contributed by atoms with Crippen molar-refractivity contribution in [3.8, 4) is 5.75 Å². The molecule has 0 fully saturated rings. The molecule has 1 aliphatic heterocycles. The van der Waals surface area contributed by atoms with Crippen LogP contribution in [0.25, 0.3) is 0 Å². The monoisotopic (exact) mass is 222 g/mol. The molecule has 0 saturated carbocycles. The molecular weight excluding hydrogens is 207 g/mol. The van der Waals surface area contributed by atoms with Gasteiger partial charge in [0.25, 0.3) is 0 Å². The first-order chi connectivity index (χ1) is 7.70. The zero-order valence-corrected chi connectivity index (χ0v) is 9.46. The van der Waals surface area contributed by atoms with Crippen molar-refractivity contribution in [3.05, 3.63) is 29.6 Å². The average molecular weight is 222 g/mol. The lowest BCUT2D eigenvalue weighted by Gasteiger charge is -2.19. The van der Waals surface area contributed by atoms with Crippen LogP contribution in [-0.2, 0) is 0 Å². The molecule has 1 aromatic rings. The molecule has 1 aliphatic rings. The highest BCUT2D eigenvalue weighted by Gasteiger charge is 2.14. The van der Waals surface area contributed by atoms with Crippen LogP contribution in [0.3, 0.4) is 0 Å². The summed E-state index contributed by atoms with van der Waals surface area (Å²) < 4.78 is 18.2. The maximum Gasteiger partial charge on any atom is 0.165 e. The highest BCUT2D eigenvalue weighted by Crippen LogP contribution is 2.21. The van der Waals surface area contributed by atoms with Crippen molar-refractivity contribution in [2.45, 2.75) is 25.8 Å². The zero-order valence-electron chi connectivity index (χ0n) is 9.46. The molecule has 0 saturated heterocycles. The SMILES string of the molecule is COc1cc(C2=NNC(C)CC2)ccc1F. The van der Waals surface area contributed by atoms with Crippen molar-refractivity contribution >= 4 is 5.71 Å². The van der Waals surface area contributed by atoms with Crippen LogP contribution in [0.4, 0.5) is 4.39 Å². The van der Waals surface area contributed by atoms with Crippen LogP contribution >= 0.6 is 0 Å². The Morgan fingerprint density at radius 1 is 1.50 bits per heavy atom. The average Bonchev–Trinajstić information content (AvgIpc) is 2.31. The third-order valence-electron chi connectivity index (χ3n) is 2.72. The molecule has 1 heterocycles. The van der Waals surface area contributed by atoms with Crippen molar-refractivity contribution in [3.63, 3.8) is 0 Å². The van der Waals surface area contributed by atoms with Gasteiger partial charge in [-0.3, -0.25) is 0 Å². The predicted molar refractivity (Wildman–Crippen MR) is 61.3 cm³/mol. The lowest BCUT2D eigenvalue weighted by molar-refractivity contribution is 0.386. The van der Waals surface area contributed by atoms with E-state index in [2.05, 4.69) is 17.5 Å². The first-order valence-corrected chi connectivity index (χ1v) is 5.36. The third-order valence-corrected chi connectivity index (χ3v) is 2.72. The topological polar surface area (TPSA) is 33.6 Å². The van der Waals surface area contributed by atoms with Crippen molar-refractivity contribution in [2.75, 3.05) is 7.11 Å².